The number of carbonyl (C=O) groups excluding carboxylic acids is 1. The van der Waals surface area contributed by atoms with E-state index in [4.69, 9.17) is 23.2 Å². The molecule has 1 unspecified atom stereocenters. The molecule has 0 aliphatic carbocycles. The molecular formula is C18H21Cl2N2O+. The number of benzene rings is 2. The van der Waals surface area contributed by atoms with E-state index in [9.17, 15) is 4.79 Å². The van der Waals surface area contributed by atoms with E-state index in [1.807, 2.05) is 55.6 Å². The van der Waals surface area contributed by atoms with Crippen LogP contribution in [0.2, 0.25) is 10.0 Å². The Kier molecular flexibility index (Phi) is 6.90. The van der Waals surface area contributed by atoms with E-state index in [0.29, 0.717) is 13.1 Å². The van der Waals surface area contributed by atoms with Crippen molar-refractivity contribution in [3.8, 4) is 0 Å². The van der Waals surface area contributed by atoms with Gasteiger partial charge in [-0.3, -0.25) is 4.79 Å². The highest BCUT2D eigenvalue weighted by atomic mass is 35.5. The van der Waals surface area contributed by atoms with Gasteiger partial charge < -0.3 is 10.2 Å². The van der Waals surface area contributed by atoms with Crippen molar-refractivity contribution in [2.45, 2.75) is 13.0 Å². The molecule has 0 bridgehead atoms. The fourth-order valence-electron chi connectivity index (χ4n) is 2.43. The Morgan fingerprint density at radius 3 is 2.30 bits per heavy atom. The lowest BCUT2D eigenvalue weighted by Gasteiger charge is -2.14. The van der Waals surface area contributed by atoms with Crippen molar-refractivity contribution >= 4 is 29.1 Å². The average Bonchev–Trinajstić information content (AvgIpc) is 2.47. The summed E-state index contributed by atoms with van der Waals surface area (Å²) < 4.78 is 0. The van der Waals surface area contributed by atoms with Crippen molar-refractivity contribution in [2.75, 3.05) is 20.1 Å². The van der Waals surface area contributed by atoms with Crippen molar-refractivity contribution in [3.63, 3.8) is 0 Å². The van der Waals surface area contributed by atoms with Gasteiger partial charge in [-0.2, -0.15) is 0 Å². The van der Waals surface area contributed by atoms with Crippen LogP contribution in [0.1, 0.15) is 11.1 Å². The van der Waals surface area contributed by atoms with Gasteiger partial charge >= 0.3 is 0 Å². The van der Waals surface area contributed by atoms with Crippen molar-refractivity contribution in [1.29, 1.82) is 0 Å². The summed E-state index contributed by atoms with van der Waals surface area (Å²) in [6, 6.07) is 15.4. The Hall–Kier alpha value is -1.55. The van der Waals surface area contributed by atoms with Gasteiger partial charge in [-0.1, -0.05) is 47.5 Å². The number of quaternary nitrogens is 1. The van der Waals surface area contributed by atoms with E-state index in [1.54, 1.807) is 0 Å². The molecule has 1 atom stereocenters. The smallest absolute Gasteiger partial charge is 0.275 e. The fourth-order valence-corrected chi connectivity index (χ4v) is 2.86. The Morgan fingerprint density at radius 1 is 1.04 bits per heavy atom. The second kappa shape index (κ2) is 8.92. The van der Waals surface area contributed by atoms with E-state index in [2.05, 4.69) is 5.32 Å². The number of likely N-dealkylation sites (N-methyl/N-ethyl adjacent to an activating group) is 1. The molecule has 122 valence electrons. The molecule has 2 rings (SSSR count). The molecule has 5 heteroatoms. The lowest BCUT2D eigenvalue weighted by molar-refractivity contribution is -0.885. The first kappa shape index (κ1) is 17.8. The average molecular weight is 352 g/mol. The third kappa shape index (κ3) is 6.61. The SMILES string of the molecule is C[NH+](CC(=O)NCCc1cccc(Cl)c1)Cc1cccc(Cl)c1. The second-order valence-corrected chi connectivity index (χ2v) is 6.54. The highest BCUT2D eigenvalue weighted by molar-refractivity contribution is 6.30. The van der Waals surface area contributed by atoms with Gasteiger partial charge in [-0.15, -0.1) is 0 Å². The maximum absolute atomic E-state index is 12.0. The molecule has 1 amide bonds. The van der Waals surface area contributed by atoms with Gasteiger partial charge in [0.2, 0.25) is 0 Å². The van der Waals surface area contributed by atoms with Crippen LogP contribution in [0.5, 0.6) is 0 Å². The Labute approximate surface area is 147 Å². The number of rotatable bonds is 7. The topological polar surface area (TPSA) is 33.5 Å². The van der Waals surface area contributed by atoms with E-state index in [-0.39, 0.29) is 5.91 Å². The highest BCUT2D eigenvalue weighted by Gasteiger charge is 2.10. The third-order valence-electron chi connectivity index (χ3n) is 3.48. The number of hydrogen-bond donors (Lipinski definition) is 2. The molecule has 0 saturated carbocycles. The Balaban J connectivity index is 1.71. The molecular weight excluding hydrogens is 331 g/mol. The van der Waals surface area contributed by atoms with Crippen LogP contribution in [0.25, 0.3) is 0 Å². The van der Waals surface area contributed by atoms with Crippen LogP contribution in [0.4, 0.5) is 0 Å². The molecule has 23 heavy (non-hydrogen) atoms. The van der Waals surface area contributed by atoms with E-state index in [1.165, 1.54) is 0 Å². The molecule has 0 saturated heterocycles. The summed E-state index contributed by atoms with van der Waals surface area (Å²) in [7, 11) is 2.00. The monoisotopic (exact) mass is 351 g/mol. The zero-order chi connectivity index (χ0) is 16.7. The minimum Gasteiger partial charge on any atom is -0.351 e. The van der Waals surface area contributed by atoms with Crippen LogP contribution in [0.3, 0.4) is 0 Å². The molecule has 0 spiro atoms. The number of carbonyl (C=O) groups is 1. The van der Waals surface area contributed by atoms with Gasteiger partial charge in [0.05, 0.1) is 7.05 Å². The zero-order valence-corrected chi connectivity index (χ0v) is 14.6. The first-order valence-corrected chi connectivity index (χ1v) is 8.35. The molecule has 0 aromatic heterocycles. The standard InChI is InChI=1S/C18H20Cl2N2O/c1-22(12-15-5-3-7-17(20)11-15)13-18(23)21-9-8-14-4-2-6-16(19)10-14/h2-7,10-11H,8-9,12-13H2,1H3,(H,21,23)/p+1. The number of nitrogens with one attached hydrogen (secondary N) is 2. The first-order chi connectivity index (χ1) is 11.0. The number of hydrogen-bond acceptors (Lipinski definition) is 1. The molecule has 0 aliphatic rings. The van der Waals surface area contributed by atoms with E-state index >= 15 is 0 Å². The van der Waals surface area contributed by atoms with Gasteiger partial charge in [-0.25, -0.2) is 0 Å². The van der Waals surface area contributed by atoms with Gasteiger partial charge in [-0.05, 0) is 36.2 Å². The molecule has 2 aromatic carbocycles. The molecule has 0 aliphatic heterocycles. The maximum Gasteiger partial charge on any atom is 0.275 e. The van der Waals surface area contributed by atoms with Crippen LogP contribution >= 0.6 is 23.2 Å². The lowest BCUT2D eigenvalue weighted by Crippen LogP contribution is -3.08. The van der Waals surface area contributed by atoms with Crippen molar-refractivity contribution in [3.05, 3.63) is 69.7 Å². The summed E-state index contributed by atoms with van der Waals surface area (Å²) in [6.45, 7) is 1.81. The summed E-state index contributed by atoms with van der Waals surface area (Å²) in [5.74, 6) is 0.0477. The third-order valence-corrected chi connectivity index (χ3v) is 3.95. The zero-order valence-electron chi connectivity index (χ0n) is 13.1. The van der Waals surface area contributed by atoms with Crippen molar-refractivity contribution in [2.24, 2.45) is 0 Å². The molecule has 0 radical (unpaired) electrons. The normalized spacial score (nSPS) is 12.0. The van der Waals surface area contributed by atoms with E-state index in [0.717, 1.165) is 39.0 Å². The Morgan fingerprint density at radius 2 is 1.65 bits per heavy atom. The lowest BCUT2D eigenvalue weighted by atomic mass is 10.1. The van der Waals surface area contributed by atoms with Crippen molar-refractivity contribution in [1.82, 2.24) is 5.32 Å². The van der Waals surface area contributed by atoms with Crippen LogP contribution in [-0.4, -0.2) is 26.0 Å². The number of halogens is 2. The quantitative estimate of drug-likeness (QED) is 0.788. The predicted molar refractivity (Wildman–Crippen MR) is 95.1 cm³/mol. The minimum absolute atomic E-state index is 0.0477. The van der Waals surface area contributed by atoms with Gasteiger partial charge in [0, 0.05) is 22.2 Å². The van der Waals surface area contributed by atoms with Gasteiger partial charge in [0.15, 0.2) is 6.54 Å². The molecule has 3 nitrogen and oxygen atoms in total. The van der Waals surface area contributed by atoms with Crippen LogP contribution in [-0.2, 0) is 17.8 Å². The summed E-state index contributed by atoms with van der Waals surface area (Å²) in [5.41, 5.74) is 2.25. The molecule has 0 heterocycles. The maximum atomic E-state index is 12.0. The van der Waals surface area contributed by atoms with Crippen LogP contribution in [0.15, 0.2) is 48.5 Å². The van der Waals surface area contributed by atoms with Gasteiger partial charge in [0.25, 0.3) is 5.91 Å². The van der Waals surface area contributed by atoms with Gasteiger partial charge in [0.1, 0.15) is 6.54 Å². The largest absolute Gasteiger partial charge is 0.351 e. The summed E-state index contributed by atoms with van der Waals surface area (Å²) >= 11 is 11.9. The molecule has 2 aromatic rings. The predicted octanol–water partition coefficient (Wildman–Crippen LogP) is 2.37. The molecule has 0 fully saturated rings. The first-order valence-electron chi connectivity index (χ1n) is 7.60. The summed E-state index contributed by atoms with van der Waals surface area (Å²) in [4.78, 5) is 13.1. The Bertz CT molecular complexity index is 661. The molecule has 2 N–H and O–H groups in total. The number of amides is 1. The van der Waals surface area contributed by atoms with Crippen LogP contribution in [0, 0.1) is 0 Å². The highest BCUT2D eigenvalue weighted by Crippen LogP contribution is 2.10. The van der Waals surface area contributed by atoms with Crippen LogP contribution < -0.4 is 10.2 Å². The second-order valence-electron chi connectivity index (χ2n) is 5.67. The summed E-state index contributed by atoms with van der Waals surface area (Å²) in [5, 5.41) is 4.39. The minimum atomic E-state index is 0.0477. The van der Waals surface area contributed by atoms with Crippen molar-refractivity contribution < 1.29 is 9.69 Å². The van der Waals surface area contributed by atoms with E-state index < -0.39 is 0 Å². The fraction of sp³-hybridized carbons (Fsp3) is 0.278. The summed E-state index contributed by atoms with van der Waals surface area (Å²) in [6.07, 6.45) is 0.777.